The Hall–Kier alpha value is -1.61. The van der Waals surface area contributed by atoms with Gasteiger partial charge < -0.3 is 19.9 Å². The summed E-state index contributed by atoms with van der Waals surface area (Å²) in [6, 6.07) is 9.11. The number of benzene rings is 1. The highest BCUT2D eigenvalue weighted by molar-refractivity contribution is 5.47. The van der Waals surface area contributed by atoms with Gasteiger partial charge >= 0.3 is 0 Å². The normalized spacial score (nSPS) is 11.8. The summed E-state index contributed by atoms with van der Waals surface area (Å²) in [5, 5.41) is 21.3. The molecular weight excluding hydrogens is 232 g/mol. The molecule has 0 aliphatic rings. The topological polar surface area (TPSA) is 74.5 Å². The van der Waals surface area contributed by atoms with Crippen LogP contribution in [0, 0.1) is 11.3 Å². The molecule has 0 saturated carbocycles. The Morgan fingerprint density at radius 3 is 2.67 bits per heavy atom. The summed E-state index contributed by atoms with van der Waals surface area (Å²) in [5.74, 6) is 0. The van der Waals surface area contributed by atoms with E-state index >= 15 is 0 Å². The lowest BCUT2D eigenvalue weighted by molar-refractivity contribution is 0.0182. The van der Waals surface area contributed by atoms with Gasteiger partial charge in [-0.05, 0) is 24.3 Å². The summed E-state index contributed by atoms with van der Waals surface area (Å²) in [4.78, 5) is 0. The molecule has 1 rings (SSSR count). The molecule has 98 valence electrons. The third kappa shape index (κ3) is 5.64. The Morgan fingerprint density at radius 1 is 1.33 bits per heavy atom. The third-order valence-electron chi connectivity index (χ3n) is 2.30. The second-order valence-corrected chi connectivity index (χ2v) is 3.79. The molecule has 0 saturated heterocycles. The van der Waals surface area contributed by atoms with Crippen molar-refractivity contribution in [3.63, 3.8) is 0 Å². The number of aliphatic hydroxyl groups excluding tert-OH is 1. The van der Waals surface area contributed by atoms with Crippen molar-refractivity contribution in [2.45, 2.75) is 6.10 Å². The van der Waals surface area contributed by atoms with Crippen LogP contribution in [-0.4, -0.2) is 44.7 Å². The van der Waals surface area contributed by atoms with Crippen molar-refractivity contribution in [3.8, 4) is 6.07 Å². The second kappa shape index (κ2) is 8.48. The molecule has 1 unspecified atom stereocenters. The number of ether oxygens (including phenoxy) is 2. The second-order valence-electron chi connectivity index (χ2n) is 3.79. The molecule has 18 heavy (non-hydrogen) atoms. The Labute approximate surface area is 107 Å². The SMILES string of the molecule is COCCOCC(O)CNc1ccc(C#N)cc1. The van der Waals surface area contributed by atoms with Gasteiger partial charge in [0.25, 0.3) is 0 Å². The lowest BCUT2D eigenvalue weighted by Gasteiger charge is -2.13. The lowest BCUT2D eigenvalue weighted by atomic mass is 10.2. The summed E-state index contributed by atoms with van der Waals surface area (Å²) in [5.41, 5.74) is 1.48. The van der Waals surface area contributed by atoms with Gasteiger partial charge in [-0.2, -0.15) is 5.26 Å². The Bertz CT molecular complexity index is 373. The van der Waals surface area contributed by atoms with Crippen molar-refractivity contribution in [1.82, 2.24) is 0 Å². The maximum atomic E-state index is 9.63. The number of nitrogens with one attached hydrogen (secondary N) is 1. The van der Waals surface area contributed by atoms with Gasteiger partial charge in [-0.1, -0.05) is 0 Å². The first kappa shape index (κ1) is 14.5. The first-order chi connectivity index (χ1) is 8.76. The largest absolute Gasteiger partial charge is 0.389 e. The quantitative estimate of drug-likeness (QED) is 0.673. The van der Waals surface area contributed by atoms with Crippen molar-refractivity contribution in [2.24, 2.45) is 0 Å². The van der Waals surface area contributed by atoms with Crippen LogP contribution in [0.3, 0.4) is 0 Å². The zero-order chi connectivity index (χ0) is 13.2. The molecule has 0 aliphatic carbocycles. The fraction of sp³-hybridized carbons (Fsp3) is 0.462. The van der Waals surface area contributed by atoms with Crippen LogP contribution >= 0.6 is 0 Å². The van der Waals surface area contributed by atoms with E-state index in [0.717, 1.165) is 5.69 Å². The molecule has 0 heterocycles. The van der Waals surface area contributed by atoms with E-state index in [1.54, 1.807) is 31.4 Å². The fourth-order valence-corrected chi connectivity index (χ4v) is 1.32. The first-order valence-corrected chi connectivity index (χ1v) is 5.75. The molecule has 0 fully saturated rings. The maximum absolute atomic E-state index is 9.63. The molecule has 0 bridgehead atoms. The molecular formula is C13H18N2O3. The van der Waals surface area contributed by atoms with Crippen LogP contribution in [0.5, 0.6) is 0 Å². The van der Waals surface area contributed by atoms with Crippen LogP contribution in [0.1, 0.15) is 5.56 Å². The zero-order valence-electron chi connectivity index (χ0n) is 10.4. The summed E-state index contributed by atoms with van der Waals surface area (Å²) in [6.07, 6.45) is -0.572. The summed E-state index contributed by atoms with van der Waals surface area (Å²) in [6.45, 7) is 1.67. The molecule has 1 aromatic carbocycles. The van der Waals surface area contributed by atoms with E-state index in [4.69, 9.17) is 14.7 Å². The fourth-order valence-electron chi connectivity index (χ4n) is 1.32. The number of nitriles is 1. The lowest BCUT2D eigenvalue weighted by Crippen LogP contribution is -2.25. The van der Waals surface area contributed by atoms with Crippen molar-refractivity contribution in [2.75, 3.05) is 38.8 Å². The molecule has 0 radical (unpaired) electrons. The highest BCUT2D eigenvalue weighted by atomic mass is 16.5. The van der Waals surface area contributed by atoms with Gasteiger partial charge in [-0.3, -0.25) is 0 Å². The number of nitrogens with zero attached hydrogens (tertiary/aromatic N) is 1. The maximum Gasteiger partial charge on any atom is 0.0991 e. The average molecular weight is 250 g/mol. The van der Waals surface area contributed by atoms with Crippen LogP contribution < -0.4 is 5.32 Å². The molecule has 0 spiro atoms. The van der Waals surface area contributed by atoms with Gasteiger partial charge in [0.2, 0.25) is 0 Å². The number of hydrogen-bond donors (Lipinski definition) is 2. The van der Waals surface area contributed by atoms with Crippen molar-refractivity contribution in [1.29, 1.82) is 5.26 Å². The van der Waals surface area contributed by atoms with E-state index in [1.807, 2.05) is 6.07 Å². The first-order valence-electron chi connectivity index (χ1n) is 5.75. The Kier molecular flexibility index (Phi) is 6.81. The van der Waals surface area contributed by atoms with E-state index < -0.39 is 6.10 Å². The van der Waals surface area contributed by atoms with E-state index in [-0.39, 0.29) is 6.61 Å². The van der Waals surface area contributed by atoms with Gasteiger partial charge in [0, 0.05) is 19.3 Å². The van der Waals surface area contributed by atoms with Gasteiger partial charge in [-0.15, -0.1) is 0 Å². The van der Waals surface area contributed by atoms with Crippen LogP contribution in [0.25, 0.3) is 0 Å². The minimum Gasteiger partial charge on any atom is -0.389 e. The number of anilines is 1. The number of rotatable bonds is 8. The Balaban J connectivity index is 2.21. The molecule has 1 aromatic rings. The van der Waals surface area contributed by atoms with Crippen LogP contribution in [0.2, 0.25) is 0 Å². The third-order valence-corrected chi connectivity index (χ3v) is 2.30. The molecule has 0 amide bonds. The van der Waals surface area contributed by atoms with Crippen LogP contribution in [0.4, 0.5) is 5.69 Å². The van der Waals surface area contributed by atoms with Gasteiger partial charge in [0.05, 0.1) is 37.6 Å². The number of methoxy groups -OCH3 is 1. The van der Waals surface area contributed by atoms with Gasteiger partial charge in [0.1, 0.15) is 0 Å². The van der Waals surface area contributed by atoms with Crippen molar-refractivity contribution >= 4 is 5.69 Å². The predicted octanol–water partition coefficient (Wildman–Crippen LogP) is 0.994. The molecule has 0 aromatic heterocycles. The molecule has 5 nitrogen and oxygen atoms in total. The molecule has 5 heteroatoms. The van der Waals surface area contributed by atoms with E-state index in [2.05, 4.69) is 5.32 Å². The van der Waals surface area contributed by atoms with Crippen LogP contribution in [-0.2, 0) is 9.47 Å². The van der Waals surface area contributed by atoms with E-state index in [0.29, 0.717) is 25.3 Å². The van der Waals surface area contributed by atoms with E-state index in [1.165, 1.54) is 0 Å². The zero-order valence-corrected chi connectivity index (χ0v) is 10.4. The molecule has 0 aliphatic heterocycles. The summed E-state index contributed by atoms with van der Waals surface area (Å²) < 4.78 is 10.0. The Morgan fingerprint density at radius 2 is 2.06 bits per heavy atom. The number of aliphatic hydroxyl groups is 1. The van der Waals surface area contributed by atoms with Gasteiger partial charge in [-0.25, -0.2) is 0 Å². The van der Waals surface area contributed by atoms with Gasteiger partial charge in [0.15, 0.2) is 0 Å². The standard InChI is InChI=1S/C13H18N2O3/c1-17-6-7-18-10-13(16)9-15-12-4-2-11(8-14)3-5-12/h2-5,13,15-16H,6-7,9-10H2,1H3. The molecule has 2 N–H and O–H groups in total. The van der Waals surface area contributed by atoms with E-state index in [9.17, 15) is 5.11 Å². The smallest absolute Gasteiger partial charge is 0.0991 e. The average Bonchev–Trinajstić information content (AvgIpc) is 2.42. The highest BCUT2D eigenvalue weighted by Gasteiger charge is 2.03. The monoisotopic (exact) mass is 250 g/mol. The highest BCUT2D eigenvalue weighted by Crippen LogP contribution is 2.08. The van der Waals surface area contributed by atoms with Crippen molar-refractivity contribution < 1.29 is 14.6 Å². The minimum atomic E-state index is -0.572. The summed E-state index contributed by atoms with van der Waals surface area (Å²) >= 11 is 0. The summed E-state index contributed by atoms with van der Waals surface area (Å²) in [7, 11) is 1.60. The molecule has 1 atom stereocenters. The van der Waals surface area contributed by atoms with Crippen LogP contribution in [0.15, 0.2) is 24.3 Å². The predicted molar refractivity (Wildman–Crippen MR) is 68.3 cm³/mol. The minimum absolute atomic E-state index is 0.270. The van der Waals surface area contributed by atoms with Crippen molar-refractivity contribution in [3.05, 3.63) is 29.8 Å². The number of hydrogen-bond acceptors (Lipinski definition) is 5.